The predicted octanol–water partition coefficient (Wildman–Crippen LogP) is 4.34. The van der Waals surface area contributed by atoms with Crippen molar-refractivity contribution in [3.63, 3.8) is 0 Å². The number of amides is 2. The van der Waals surface area contributed by atoms with Gasteiger partial charge in [-0.15, -0.1) is 11.8 Å². The number of carbonyl (C=O) groups is 2. The molecule has 0 spiro atoms. The molecule has 0 aliphatic heterocycles. The van der Waals surface area contributed by atoms with Gasteiger partial charge in [-0.05, 0) is 57.9 Å². The van der Waals surface area contributed by atoms with Crippen molar-refractivity contribution in [3.05, 3.63) is 65.2 Å². The Morgan fingerprint density at radius 3 is 2.25 bits per heavy atom. The monoisotopic (exact) mass is 398 g/mol. The molecule has 0 aliphatic carbocycles. The van der Waals surface area contributed by atoms with E-state index in [1.807, 2.05) is 76.2 Å². The van der Waals surface area contributed by atoms with Gasteiger partial charge in [0.2, 0.25) is 11.8 Å². The van der Waals surface area contributed by atoms with Gasteiger partial charge in [0.15, 0.2) is 0 Å². The Balaban J connectivity index is 2.15. The summed E-state index contributed by atoms with van der Waals surface area (Å²) in [6.07, 6.45) is 0. The Bertz CT molecular complexity index is 803. The molecule has 2 amide bonds. The van der Waals surface area contributed by atoms with Crippen LogP contribution in [0.5, 0.6) is 0 Å². The van der Waals surface area contributed by atoms with Gasteiger partial charge >= 0.3 is 0 Å². The normalized spacial score (nSPS) is 11.9. The van der Waals surface area contributed by atoms with Crippen molar-refractivity contribution in [1.82, 2.24) is 10.2 Å². The smallest absolute Gasteiger partial charge is 0.242 e. The van der Waals surface area contributed by atoms with E-state index >= 15 is 0 Å². The van der Waals surface area contributed by atoms with Gasteiger partial charge in [-0.2, -0.15) is 0 Å². The number of aryl methyl sites for hydroxylation is 2. The summed E-state index contributed by atoms with van der Waals surface area (Å²) in [6, 6.07) is 15.6. The van der Waals surface area contributed by atoms with Crippen LogP contribution >= 0.6 is 11.8 Å². The lowest BCUT2D eigenvalue weighted by molar-refractivity contribution is -0.138. The molecule has 4 nitrogen and oxygen atoms in total. The number of nitrogens with one attached hydrogen (secondary N) is 1. The fraction of sp³-hybridized carbons (Fsp3) is 0.391. The molecule has 0 aromatic heterocycles. The zero-order chi connectivity index (χ0) is 20.7. The second kappa shape index (κ2) is 10.3. The molecule has 0 radical (unpaired) electrons. The van der Waals surface area contributed by atoms with Crippen molar-refractivity contribution >= 4 is 23.6 Å². The third-order valence-corrected chi connectivity index (χ3v) is 5.58. The van der Waals surface area contributed by atoms with Crippen molar-refractivity contribution in [3.8, 4) is 0 Å². The highest BCUT2D eigenvalue weighted by atomic mass is 32.2. The Morgan fingerprint density at radius 1 is 1.00 bits per heavy atom. The number of benzene rings is 2. The minimum Gasteiger partial charge on any atom is -0.352 e. The summed E-state index contributed by atoms with van der Waals surface area (Å²) in [5.74, 6) is 0.131. The first-order valence-electron chi connectivity index (χ1n) is 9.61. The van der Waals surface area contributed by atoms with E-state index < -0.39 is 6.04 Å². The average Bonchev–Trinajstić information content (AvgIpc) is 2.65. The molecule has 150 valence electrons. The average molecular weight is 399 g/mol. The lowest BCUT2D eigenvalue weighted by atomic mass is 10.1. The lowest BCUT2D eigenvalue weighted by Crippen LogP contribution is -2.49. The van der Waals surface area contributed by atoms with Crippen LogP contribution in [0.25, 0.3) is 0 Å². The molecule has 28 heavy (non-hydrogen) atoms. The van der Waals surface area contributed by atoms with E-state index in [1.54, 1.807) is 11.8 Å². The van der Waals surface area contributed by atoms with Gasteiger partial charge in [-0.1, -0.05) is 42.0 Å². The summed E-state index contributed by atoms with van der Waals surface area (Å²) in [5, 5.41) is 2.92. The molecule has 0 unspecified atom stereocenters. The van der Waals surface area contributed by atoms with Crippen molar-refractivity contribution in [2.45, 2.75) is 58.1 Å². The minimum absolute atomic E-state index is 0.0345. The van der Waals surface area contributed by atoms with Crippen molar-refractivity contribution < 1.29 is 9.59 Å². The van der Waals surface area contributed by atoms with E-state index in [4.69, 9.17) is 0 Å². The number of carbonyl (C=O) groups excluding carboxylic acids is 2. The van der Waals surface area contributed by atoms with E-state index in [2.05, 4.69) is 5.32 Å². The molecule has 0 fully saturated rings. The molecule has 2 rings (SSSR count). The maximum Gasteiger partial charge on any atom is 0.242 e. The van der Waals surface area contributed by atoms with Gasteiger partial charge < -0.3 is 10.2 Å². The van der Waals surface area contributed by atoms with Gasteiger partial charge in [-0.25, -0.2) is 0 Å². The van der Waals surface area contributed by atoms with Crippen LogP contribution in [-0.2, 0) is 16.1 Å². The summed E-state index contributed by atoms with van der Waals surface area (Å²) >= 11 is 1.50. The Hall–Kier alpha value is -2.27. The van der Waals surface area contributed by atoms with Crippen LogP contribution in [0, 0.1) is 13.8 Å². The first kappa shape index (κ1) is 22.0. The molecule has 0 saturated carbocycles. The highest BCUT2D eigenvalue weighted by molar-refractivity contribution is 8.00. The number of hydrogen-bond donors (Lipinski definition) is 1. The summed E-state index contributed by atoms with van der Waals surface area (Å²) in [6.45, 7) is 10.1. The van der Waals surface area contributed by atoms with Crippen LogP contribution in [0.1, 0.15) is 37.5 Å². The number of thioether (sulfide) groups is 1. The van der Waals surface area contributed by atoms with Gasteiger partial charge in [0.25, 0.3) is 0 Å². The Kier molecular flexibility index (Phi) is 8.12. The van der Waals surface area contributed by atoms with Crippen LogP contribution in [0.15, 0.2) is 53.4 Å². The molecule has 5 heteroatoms. The highest BCUT2D eigenvalue weighted by Crippen LogP contribution is 2.21. The second-order valence-electron chi connectivity index (χ2n) is 7.39. The van der Waals surface area contributed by atoms with E-state index in [1.165, 1.54) is 17.3 Å². The Morgan fingerprint density at radius 2 is 1.64 bits per heavy atom. The van der Waals surface area contributed by atoms with Crippen LogP contribution < -0.4 is 5.32 Å². The molecule has 0 bridgehead atoms. The van der Waals surface area contributed by atoms with E-state index in [0.717, 1.165) is 16.0 Å². The minimum atomic E-state index is -0.534. The van der Waals surface area contributed by atoms with Crippen LogP contribution in [0.2, 0.25) is 0 Å². The summed E-state index contributed by atoms with van der Waals surface area (Å²) in [4.78, 5) is 28.4. The fourth-order valence-electron chi connectivity index (χ4n) is 2.82. The van der Waals surface area contributed by atoms with E-state index in [-0.39, 0.29) is 17.9 Å². The highest BCUT2D eigenvalue weighted by Gasteiger charge is 2.26. The third kappa shape index (κ3) is 6.41. The first-order chi connectivity index (χ1) is 13.3. The maximum absolute atomic E-state index is 13.1. The van der Waals surface area contributed by atoms with Gasteiger partial charge in [0, 0.05) is 17.5 Å². The maximum atomic E-state index is 13.1. The summed E-state index contributed by atoms with van der Waals surface area (Å²) in [7, 11) is 0. The van der Waals surface area contributed by atoms with Crippen LogP contribution in [-0.4, -0.2) is 34.6 Å². The van der Waals surface area contributed by atoms with Gasteiger partial charge in [-0.3, -0.25) is 9.59 Å². The van der Waals surface area contributed by atoms with Crippen molar-refractivity contribution in [1.29, 1.82) is 0 Å². The topological polar surface area (TPSA) is 49.4 Å². The molecule has 1 N–H and O–H groups in total. The molecular weight excluding hydrogens is 368 g/mol. The van der Waals surface area contributed by atoms with Gasteiger partial charge in [0.05, 0.1) is 5.75 Å². The zero-order valence-corrected chi connectivity index (χ0v) is 18.2. The van der Waals surface area contributed by atoms with Crippen molar-refractivity contribution in [2.75, 3.05) is 5.75 Å². The zero-order valence-electron chi connectivity index (χ0n) is 17.4. The summed E-state index contributed by atoms with van der Waals surface area (Å²) < 4.78 is 0. The first-order valence-corrected chi connectivity index (χ1v) is 10.6. The quantitative estimate of drug-likeness (QED) is 0.673. The number of rotatable bonds is 8. The second-order valence-corrected chi connectivity index (χ2v) is 8.44. The predicted molar refractivity (Wildman–Crippen MR) is 116 cm³/mol. The van der Waals surface area contributed by atoms with Crippen LogP contribution in [0.3, 0.4) is 0 Å². The SMILES string of the molecule is Cc1ccc(SCC(=O)N(Cc2ccccc2C)[C@@H](C)C(=O)NC(C)C)cc1. The van der Waals surface area contributed by atoms with Crippen LogP contribution in [0.4, 0.5) is 0 Å². The molecular formula is C23H30N2O2S. The largest absolute Gasteiger partial charge is 0.352 e. The molecule has 2 aromatic carbocycles. The number of nitrogens with zero attached hydrogens (tertiary/aromatic N) is 1. The van der Waals surface area contributed by atoms with Crippen molar-refractivity contribution in [2.24, 2.45) is 0 Å². The Labute approximate surface area is 172 Å². The molecule has 0 saturated heterocycles. The van der Waals surface area contributed by atoms with E-state index in [9.17, 15) is 9.59 Å². The van der Waals surface area contributed by atoms with Gasteiger partial charge in [0.1, 0.15) is 6.04 Å². The molecule has 0 heterocycles. The fourth-order valence-corrected chi connectivity index (χ4v) is 3.61. The molecule has 0 aliphatic rings. The summed E-state index contributed by atoms with van der Waals surface area (Å²) in [5.41, 5.74) is 3.36. The third-order valence-electron chi connectivity index (χ3n) is 4.58. The standard InChI is InChI=1S/C23H30N2O2S/c1-16(2)24-23(27)19(5)25(14-20-9-7-6-8-18(20)4)22(26)15-28-21-12-10-17(3)11-13-21/h6-13,16,19H,14-15H2,1-5H3,(H,24,27)/t19-/m0/s1. The lowest BCUT2D eigenvalue weighted by Gasteiger charge is -2.29. The number of hydrogen-bond acceptors (Lipinski definition) is 3. The molecule has 2 aromatic rings. The molecule has 1 atom stereocenters. The van der Waals surface area contributed by atoms with E-state index in [0.29, 0.717) is 12.3 Å².